The summed E-state index contributed by atoms with van der Waals surface area (Å²) in [6.45, 7) is 3.73. The molecule has 0 aromatic rings. The SMILES string of the molecule is CCCCCCCCCCCCCCCC1C[N+]1(C)C.[Br-]. The molecule has 0 aliphatic carbocycles. The van der Waals surface area contributed by atoms with Crippen molar-refractivity contribution in [2.24, 2.45) is 0 Å². The highest BCUT2D eigenvalue weighted by atomic mass is 79.9. The molecule has 0 aromatic carbocycles. The summed E-state index contributed by atoms with van der Waals surface area (Å²) in [6, 6.07) is 1.00. The Labute approximate surface area is 145 Å². The highest BCUT2D eigenvalue weighted by Gasteiger charge is 2.45. The Bertz CT molecular complexity index is 228. The van der Waals surface area contributed by atoms with Gasteiger partial charge in [-0.1, -0.05) is 84.0 Å². The van der Waals surface area contributed by atoms with E-state index in [2.05, 4.69) is 21.0 Å². The number of nitrogens with zero attached hydrogens (tertiary/aromatic N) is 1. The van der Waals surface area contributed by atoms with Crippen molar-refractivity contribution in [2.45, 2.75) is 103 Å². The van der Waals surface area contributed by atoms with Crippen molar-refractivity contribution in [1.82, 2.24) is 0 Å². The number of hydrogen-bond acceptors (Lipinski definition) is 0. The van der Waals surface area contributed by atoms with E-state index in [0.717, 1.165) is 6.04 Å². The van der Waals surface area contributed by atoms with E-state index in [9.17, 15) is 0 Å². The highest BCUT2D eigenvalue weighted by Crippen LogP contribution is 2.29. The first-order valence-electron chi connectivity index (χ1n) is 9.49. The van der Waals surface area contributed by atoms with Gasteiger partial charge in [-0.15, -0.1) is 0 Å². The van der Waals surface area contributed by atoms with Crippen LogP contribution in [0.1, 0.15) is 96.8 Å². The van der Waals surface area contributed by atoms with Gasteiger partial charge in [0.05, 0.1) is 14.1 Å². The summed E-state index contributed by atoms with van der Waals surface area (Å²) in [6.07, 6.45) is 20.6. The van der Waals surface area contributed by atoms with Gasteiger partial charge in [0, 0.05) is 6.42 Å². The van der Waals surface area contributed by atoms with Crippen LogP contribution in [0.2, 0.25) is 0 Å². The number of likely N-dealkylation sites (N-methyl/N-ethyl adjacent to an activating group) is 1. The summed E-state index contributed by atoms with van der Waals surface area (Å²) in [5.74, 6) is 0. The van der Waals surface area contributed by atoms with Gasteiger partial charge in [-0.3, -0.25) is 0 Å². The van der Waals surface area contributed by atoms with E-state index >= 15 is 0 Å². The second-order valence-corrected chi connectivity index (χ2v) is 7.65. The minimum atomic E-state index is 0. The molecule has 1 unspecified atom stereocenters. The molecule has 0 radical (unpaired) electrons. The van der Waals surface area contributed by atoms with Crippen LogP contribution in [0.3, 0.4) is 0 Å². The molecule has 0 saturated carbocycles. The summed E-state index contributed by atoms with van der Waals surface area (Å²) in [4.78, 5) is 0. The van der Waals surface area contributed by atoms with Crippen LogP contribution in [-0.2, 0) is 0 Å². The van der Waals surface area contributed by atoms with Gasteiger partial charge in [0.2, 0.25) is 0 Å². The average molecular weight is 362 g/mol. The monoisotopic (exact) mass is 361 g/mol. The summed E-state index contributed by atoms with van der Waals surface area (Å²) in [5.41, 5.74) is 0. The number of rotatable bonds is 14. The van der Waals surface area contributed by atoms with Crippen LogP contribution < -0.4 is 17.0 Å². The van der Waals surface area contributed by atoms with Crippen molar-refractivity contribution in [3.8, 4) is 0 Å². The number of quaternary nitrogens is 1. The molecule has 1 heterocycles. The fourth-order valence-corrected chi connectivity index (χ4v) is 3.33. The molecular formula is C19H40BrN. The van der Waals surface area contributed by atoms with Crippen molar-refractivity contribution in [3.05, 3.63) is 0 Å². The Morgan fingerprint density at radius 1 is 0.667 bits per heavy atom. The van der Waals surface area contributed by atoms with E-state index in [1.165, 1.54) is 101 Å². The second-order valence-electron chi connectivity index (χ2n) is 7.65. The molecule has 0 bridgehead atoms. The number of unbranched alkanes of at least 4 members (excludes halogenated alkanes) is 12. The lowest BCUT2D eigenvalue weighted by atomic mass is 10.0. The molecule has 128 valence electrons. The van der Waals surface area contributed by atoms with Crippen LogP contribution in [0.5, 0.6) is 0 Å². The minimum absolute atomic E-state index is 0. The molecule has 0 spiro atoms. The topological polar surface area (TPSA) is 0 Å². The molecule has 0 amide bonds. The minimum Gasteiger partial charge on any atom is -1.00 e. The smallest absolute Gasteiger partial charge is 0.138 e. The van der Waals surface area contributed by atoms with Crippen LogP contribution in [0, 0.1) is 0 Å². The summed E-state index contributed by atoms with van der Waals surface area (Å²) in [5, 5.41) is 0. The van der Waals surface area contributed by atoms with E-state index < -0.39 is 0 Å². The summed E-state index contributed by atoms with van der Waals surface area (Å²) >= 11 is 0. The highest BCUT2D eigenvalue weighted by molar-refractivity contribution is 4.70. The van der Waals surface area contributed by atoms with Gasteiger partial charge in [0.15, 0.2) is 0 Å². The van der Waals surface area contributed by atoms with E-state index in [1.807, 2.05) is 0 Å². The Morgan fingerprint density at radius 3 is 1.33 bits per heavy atom. The maximum Gasteiger partial charge on any atom is 0.138 e. The lowest BCUT2D eigenvalue weighted by molar-refractivity contribution is -0.769. The lowest BCUT2D eigenvalue weighted by Gasteiger charge is -2.06. The summed E-state index contributed by atoms with van der Waals surface area (Å²) < 4.78 is 1.29. The van der Waals surface area contributed by atoms with Crippen LogP contribution in [-0.4, -0.2) is 31.2 Å². The van der Waals surface area contributed by atoms with Crippen LogP contribution in [0.4, 0.5) is 0 Å². The molecule has 2 heteroatoms. The van der Waals surface area contributed by atoms with E-state index in [0.29, 0.717) is 0 Å². The Morgan fingerprint density at radius 2 is 1.00 bits per heavy atom. The Balaban J connectivity index is 0.00000400. The normalized spacial score (nSPS) is 19.3. The maximum absolute atomic E-state index is 2.37. The first-order chi connectivity index (χ1) is 9.67. The molecule has 1 saturated heterocycles. The van der Waals surface area contributed by atoms with Crippen LogP contribution in [0.25, 0.3) is 0 Å². The van der Waals surface area contributed by atoms with Crippen molar-refractivity contribution in [1.29, 1.82) is 0 Å². The molecule has 1 atom stereocenters. The van der Waals surface area contributed by atoms with Crippen LogP contribution in [0.15, 0.2) is 0 Å². The largest absolute Gasteiger partial charge is 1.00 e. The van der Waals surface area contributed by atoms with Gasteiger partial charge in [-0.2, -0.15) is 0 Å². The van der Waals surface area contributed by atoms with Gasteiger partial charge in [-0.05, 0) is 6.42 Å². The molecule has 21 heavy (non-hydrogen) atoms. The number of hydrogen-bond donors (Lipinski definition) is 0. The zero-order chi connectivity index (χ0) is 14.7. The van der Waals surface area contributed by atoms with Gasteiger partial charge >= 0.3 is 0 Å². The third kappa shape index (κ3) is 11.6. The molecule has 1 rings (SSSR count). The molecule has 1 aliphatic rings. The van der Waals surface area contributed by atoms with Crippen molar-refractivity contribution < 1.29 is 21.5 Å². The van der Waals surface area contributed by atoms with Gasteiger partial charge in [0.25, 0.3) is 0 Å². The fraction of sp³-hybridized carbons (Fsp3) is 1.00. The predicted molar refractivity (Wildman–Crippen MR) is 91.1 cm³/mol. The first-order valence-corrected chi connectivity index (χ1v) is 9.49. The third-order valence-corrected chi connectivity index (χ3v) is 5.18. The molecule has 1 aliphatic heterocycles. The van der Waals surface area contributed by atoms with Gasteiger partial charge in [-0.25, -0.2) is 0 Å². The van der Waals surface area contributed by atoms with Crippen LogP contribution >= 0.6 is 0 Å². The molecule has 0 N–H and O–H groups in total. The molecule has 1 fully saturated rings. The maximum atomic E-state index is 2.37. The molecular weight excluding hydrogens is 322 g/mol. The Hall–Kier alpha value is 0.440. The summed E-state index contributed by atoms with van der Waals surface area (Å²) in [7, 11) is 4.74. The lowest BCUT2D eigenvalue weighted by Crippen LogP contribution is -3.00. The number of halogens is 1. The Kier molecular flexibility index (Phi) is 13.2. The van der Waals surface area contributed by atoms with Crippen molar-refractivity contribution in [3.63, 3.8) is 0 Å². The van der Waals surface area contributed by atoms with Crippen molar-refractivity contribution in [2.75, 3.05) is 20.6 Å². The third-order valence-electron chi connectivity index (χ3n) is 5.18. The zero-order valence-electron chi connectivity index (χ0n) is 15.0. The van der Waals surface area contributed by atoms with E-state index in [4.69, 9.17) is 0 Å². The second kappa shape index (κ2) is 12.9. The molecule has 1 nitrogen and oxygen atoms in total. The average Bonchev–Trinajstić information content (AvgIpc) is 3.02. The van der Waals surface area contributed by atoms with Gasteiger partial charge in [0.1, 0.15) is 12.6 Å². The van der Waals surface area contributed by atoms with Crippen molar-refractivity contribution >= 4 is 0 Å². The quantitative estimate of drug-likeness (QED) is 0.253. The van der Waals surface area contributed by atoms with E-state index in [1.54, 1.807) is 0 Å². The van der Waals surface area contributed by atoms with Gasteiger partial charge < -0.3 is 21.5 Å². The first kappa shape index (κ1) is 21.4. The zero-order valence-corrected chi connectivity index (χ0v) is 16.6. The van der Waals surface area contributed by atoms with E-state index in [-0.39, 0.29) is 17.0 Å². The molecule has 0 aromatic heterocycles. The standard InChI is InChI=1S/C19H40N.BrH/c1-4-5-6-7-8-9-10-11-12-13-14-15-16-17-19-18-20(19,2)3;/h19H,4-18H2,1-3H3;1H/q+1;/p-1. The fourth-order valence-electron chi connectivity index (χ4n) is 3.33. The predicted octanol–water partition coefficient (Wildman–Crippen LogP) is 2.93.